The molecule has 6 nitrogen and oxygen atoms in total. The molecular formula is C24H21F2N3O3S. The molecule has 0 aliphatic rings. The highest BCUT2D eigenvalue weighted by Crippen LogP contribution is 2.23. The van der Waals surface area contributed by atoms with E-state index in [1.807, 2.05) is 66.2 Å². The minimum Gasteiger partial charge on any atom is -0.345 e. The maximum Gasteiger partial charge on any atom is 0.341 e. The number of halogens is 2. The molecule has 0 spiro atoms. The number of carbonyl (C=O) groups excluding carboxylic acids is 1. The first-order chi connectivity index (χ1) is 15.8. The Labute approximate surface area is 189 Å². The zero-order valence-corrected chi connectivity index (χ0v) is 18.5. The average Bonchev–Trinajstić information content (AvgIpc) is 3.14. The van der Waals surface area contributed by atoms with Crippen molar-refractivity contribution >= 4 is 26.8 Å². The van der Waals surface area contributed by atoms with Crippen molar-refractivity contribution in [1.29, 1.82) is 0 Å². The number of aromatic nitrogens is 2. The predicted octanol–water partition coefficient (Wildman–Crippen LogP) is 4.28. The third kappa shape index (κ3) is 4.63. The van der Waals surface area contributed by atoms with Gasteiger partial charge in [0.05, 0.1) is 22.0 Å². The highest BCUT2D eigenvalue weighted by Gasteiger charge is 2.27. The molecule has 4 aromatic rings. The highest BCUT2D eigenvalue weighted by molar-refractivity contribution is 7.91. The van der Waals surface area contributed by atoms with Gasteiger partial charge in [-0.1, -0.05) is 42.5 Å². The number of carbonyl (C=O) groups is 1. The molecule has 0 aliphatic carbocycles. The number of imidazole rings is 1. The fourth-order valence-electron chi connectivity index (χ4n) is 3.64. The van der Waals surface area contributed by atoms with Gasteiger partial charge in [0.15, 0.2) is 0 Å². The van der Waals surface area contributed by atoms with Crippen LogP contribution in [0.25, 0.3) is 11.0 Å². The maximum absolute atomic E-state index is 12.9. The lowest BCUT2D eigenvalue weighted by molar-refractivity contribution is 0.0936. The molecule has 0 bridgehead atoms. The van der Waals surface area contributed by atoms with Crippen LogP contribution in [0.1, 0.15) is 27.8 Å². The van der Waals surface area contributed by atoms with Crippen LogP contribution in [-0.2, 0) is 23.3 Å². The van der Waals surface area contributed by atoms with Crippen molar-refractivity contribution in [2.24, 2.45) is 7.05 Å². The number of para-hydroxylation sites is 2. The van der Waals surface area contributed by atoms with Crippen molar-refractivity contribution in [2.45, 2.75) is 23.1 Å². The summed E-state index contributed by atoms with van der Waals surface area (Å²) < 4.78 is 50.7. The fourth-order valence-corrected chi connectivity index (χ4v) is 4.36. The molecule has 0 aliphatic heterocycles. The summed E-state index contributed by atoms with van der Waals surface area (Å²) in [5.41, 5.74) is 2.86. The highest BCUT2D eigenvalue weighted by atomic mass is 32.2. The third-order valence-electron chi connectivity index (χ3n) is 5.45. The van der Waals surface area contributed by atoms with E-state index in [0.29, 0.717) is 6.42 Å². The Morgan fingerprint density at radius 3 is 2.24 bits per heavy atom. The first-order valence-corrected chi connectivity index (χ1v) is 11.7. The number of hydrogen-bond donors (Lipinski definition) is 1. The van der Waals surface area contributed by atoms with Gasteiger partial charge in [0, 0.05) is 19.0 Å². The third-order valence-corrected chi connectivity index (χ3v) is 6.85. The molecule has 1 heterocycles. The smallest absolute Gasteiger partial charge is 0.341 e. The number of amides is 1. The van der Waals surface area contributed by atoms with Crippen LogP contribution in [0.4, 0.5) is 8.78 Å². The van der Waals surface area contributed by atoms with Gasteiger partial charge in [-0.3, -0.25) is 4.79 Å². The molecule has 3 aromatic carbocycles. The molecule has 33 heavy (non-hydrogen) atoms. The van der Waals surface area contributed by atoms with Gasteiger partial charge in [-0.05, 0) is 42.0 Å². The monoisotopic (exact) mass is 469 g/mol. The molecule has 0 unspecified atom stereocenters. The van der Waals surface area contributed by atoms with Crippen molar-refractivity contribution in [3.8, 4) is 0 Å². The van der Waals surface area contributed by atoms with E-state index in [4.69, 9.17) is 0 Å². The normalized spacial score (nSPS) is 12.7. The Balaban J connectivity index is 1.61. The summed E-state index contributed by atoms with van der Waals surface area (Å²) in [6, 6.07) is 21.2. The van der Waals surface area contributed by atoms with Gasteiger partial charge in [-0.15, -0.1) is 0 Å². The predicted molar refractivity (Wildman–Crippen MR) is 121 cm³/mol. The lowest BCUT2D eigenvalue weighted by atomic mass is 10.0. The molecule has 0 saturated carbocycles. The van der Waals surface area contributed by atoms with Crippen LogP contribution in [0.15, 0.2) is 83.8 Å². The summed E-state index contributed by atoms with van der Waals surface area (Å²) in [7, 11) is -2.81. The van der Waals surface area contributed by atoms with Gasteiger partial charge in [0.2, 0.25) is 9.84 Å². The molecule has 1 aromatic heterocycles. The number of nitrogens with zero attached hydrogens (tertiary/aromatic N) is 2. The van der Waals surface area contributed by atoms with Gasteiger partial charge in [-0.25, -0.2) is 13.4 Å². The quantitative estimate of drug-likeness (QED) is 0.438. The van der Waals surface area contributed by atoms with Crippen LogP contribution >= 0.6 is 0 Å². The number of aryl methyl sites for hydroxylation is 1. The number of rotatable bonds is 7. The summed E-state index contributed by atoms with van der Waals surface area (Å²) >= 11 is 0. The SMILES string of the molecule is Cn1c(C[C@H](NC(=O)c2ccc(S(=O)(=O)C(F)F)cc2)c2ccccc2)nc2ccccc21. The minimum atomic E-state index is -4.72. The number of nitrogens with one attached hydrogen (secondary N) is 1. The molecule has 9 heteroatoms. The van der Waals surface area contributed by atoms with E-state index in [1.54, 1.807) is 0 Å². The maximum atomic E-state index is 12.9. The van der Waals surface area contributed by atoms with E-state index in [-0.39, 0.29) is 5.56 Å². The standard InChI is InChI=1S/C24H21F2N3O3S/c1-29-21-10-6-5-9-19(21)27-22(29)15-20(16-7-3-2-4-8-16)28-23(30)17-11-13-18(14-12-17)33(31,32)24(25)26/h2-14,20,24H,15H2,1H3,(H,28,30)/t20-/m0/s1. The van der Waals surface area contributed by atoms with Gasteiger partial charge in [-0.2, -0.15) is 8.78 Å². The summed E-state index contributed by atoms with van der Waals surface area (Å²) in [6.07, 6.45) is 0.415. The summed E-state index contributed by atoms with van der Waals surface area (Å²) in [5.74, 6) is -3.19. The van der Waals surface area contributed by atoms with E-state index in [1.165, 1.54) is 12.1 Å². The Morgan fingerprint density at radius 1 is 0.970 bits per heavy atom. The summed E-state index contributed by atoms with van der Waals surface area (Å²) in [5, 5.41) is 2.96. The van der Waals surface area contributed by atoms with Crippen LogP contribution in [0.5, 0.6) is 0 Å². The second-order valence-corrected chi connectivity index (χ2v) is 9.46. The van der Waals surface area contributed by atoms with Gasteiger partial charge in [0.25, 0.3) is 5.91 Å². The minimum absolute atomic E-state index is 0.161. The van der Waals surface area contributed by atoms with Crippen molar-refractivity contribution in [1.82, 2.24) is 14.9 Å². The second kappa shape index (κ2) is 9.11. The number of fused-ring (bicyclic) bond motifs is 1. The van der Waals surface area contributed by atoms with E-state index in [9.17, 15) is 22.0 Å². The van der Waals surface area contributed by atoms with Crippen LogP contribution in [0.3, 0.4) is 0 Å². The first-order valence-electron chi connectivity index (χ1n) is 10.2. The fraction of sp³-hybridized carbons (Fsp3) is 0.167. The zero-order valence-electron chi connectivity index (χ0n) is 17.7. The lowest BCUT2D eigenvalue weighted by Crippen LogP contribution is -2.30. The lowest BCUT2D eigenvalue weighted by Gasteiger charge is -2.19. The Kier molecular flexibility index (Phi) is 6.24. The number of alkyl halides is 2. The number of sulfone groups is 1. The van der Waals surface area contributed by atoms with Crippen LogP contribution in [-0.4, -0.2) is 29.6 Å². The van der Waals surface area contributed by atoms with Gasteiger partial charge >= 0.3 is 5.76 Å². The second-order valence-electron chi connectivity index (χ2n) is 7.55. The largest absolute Gasteiger partial charge is 0.345 e. The molecule has 1 N–H and O–H groups in total. The Hall–Kier alpha value is -3.59. The van der Waals surface area contributed by atoms with E-state index in [2.05, 4.69) is 10.3 Å². The van der Waals surface area contributed by atoms with Crippen LogP contribution in [0.2, 0.25) is 0 Å². The average molecular weight is 470 g/mol. The van der Waals surface area contributed by atoms with Crippen LogP contribution in [0, 0.1) is 0 Å². The topological polar surface area (TPSA) is 81.1 Å². The van der Waals surface area contributed by atoms with E-state index < -0.39 is 32.4 Å². The zero-order chi connectivity index (χ0) is 23.6. The van der Waals surface area contributed by atoms with Gasteiger partial charge in [0.1, 0.15) is 5.82 Å². The molecule has 1 atom stereocenters. The molecule has 0 fully saturated rings. The number of benzene rings is 3. The summed E-state index contributed by atoms with van der Waals surface area (Å²) in [4.78, 5) is 17.1. The summed E-state index contributed by atoms with van der Waals surface area (Å²) in [6.45, 7) is 0. The van der Waals surface area contributed by atoms with Crippen molar-refractivity contribution < 1.29 is 22.0 Å². The van der Waals surface area contributed by atoms with Gasteiger partial charge < -0.3 is 9.88 Å². The molecule has 1 amide bonds. The first kappa shape index (κ1) is 22.6. The number of hydrogen-bond acceptors (Lipinski definition) is 4. The molecular weight excluding hydrogens is 448 g/mol. The molecule has 0 saturated heterocycles. The van der Waals surface area contributed by atoms with Crippen molar-refractivity contribution in [2.75, 3.05) is 0 Å². The van der Waals surface area contributed by atoms with E-state index in [0.717, 1.165) is 34.6 Å². The van der Waals surface area contributed by atoms with Crippen molar-refractivity contribution in [3.05, 3.63) is 95.8 Å². The van der Waals surface area contributed by atoms with Crippen LogP contribution < -0.4 is 5.32 Å². The molecule has 170 valence electrons. The molecule has 4 rings (SSSR count). The Morgan fingerprint density at radius 2 is 1.61 bits per heavy atom. The van der Waals surface area contributed by atoms with E-state index >= 15 is 0 Å². The Bertz CT molecular complexity index is 1390. The van der Waals surface area contributed by atoms with Crippen molar-refractivity contribution in [3.63, 3.8) is 0 Å². The molecule has 0 radical (unpaired) electrons.